The molecule has 0 atom stereocenters. The standard InChI is InChI=1S/C21H25N3O4S/c1-2-28-21(27)18-17(15-5-3-11-22-20(15)29-18)23-19(26)13-7-9-14(10-8-13)24-12-4-6-16(24)25/h3,5,11,13-14H,2,4,6-10,12H2,1H3,(H,23,26)/t13-,14-. The number of ether oxygens (including phenoxy) is 1. The Bertz CT molecular complexity index is 933. The zero-order valence-electron chi connectivity index (χ0n) is 16.5. The second-order valence-corrected chi connectivity index (χ2v) is 8.57. The Balaban J connectivity index is 1.47. The lowest BCUT2D eigenvalue weighted by Gasteiger charge is -2.34. The smallest absolute Gasteiger partial charge is 0.350 e. The van der Waals surface area contributed by atoms with Gasteiger partial charge in [0.25, 0.3) is 0 Å². The van der Waals surface area contributed by atoms with E-state index in [-0.39, 0.29) is 30.4 Å². The van der Waals surface area contributed by atoms with E-state index in [4.69, 9.17) is 4.74 Å². The van der Waals surface area contributed by atoms with E-state index in [1.165, 1.54) is 11.3 Å². The van der Waals surface area contributed by atoms with Crippen molar-refractivity contribution in [3.05, 3.63) is 23.2 Å². The molecule has 1 N–H and O–H groups in total. The van der Waals surface area contributed by atoms with Crippen molar-refractivity contribution in [1.82, 2.24) is 9.88 Å². The first-order valence-corrected chi connectivity index (χ1v) is 11.0. The zero-order valence-corrected chi connectivity index (χ0v) is 17.3. The average Bonchev–Trinajstić information content (AvgIpc) is 3.32. The largest absolute Gasteiger partial charge is 0.462 e. The van der Waals surface area contributed by atoms with Crippen molar-refractivity contribution in [3.8, 4) is 0 Å². The first-order valence-electron chi connectivity index (χ1n) is 10.2. The number of amides is 2. The second kappa shape index (κ2) is 8.49. The molecule has 2 aromatic rings. The SMILES string of the molecule is CCOC(=O)c1sc2ncccc2c1NC(=O)[C@H]1CC[C@H](N2CCCC2=O)CC1. The maximum Gasteiger partial charge on any atom is 0.350 e. The van der Waals surface area contributed by atoms with Gasteiger partial charge < -0.3 is 15.0 Å². The third-order valence-electron chi connectivity index (χ3n) is 5.79. The molecule has 1 aliphatic heterocycles. The van der Waals surface area contributed by atoms with E-state index in [9.17, 15) is 14.4 Å². The van der Waals surface area contributed by atoms with E-state index in [2.05, 4.69) is 10.3 Å². The molecule has 0 aromatic carbocycles. The molecule has 154 valence electrons. The molecule has 1 saturated heterocycles. The summed E-state index contributed by atoms with van der Waals surface area (Å²) in [4.78, 5) is 44.7. The van der Waals surface area contributed by atoms with Crippen LogP contribution in [0.15, 0.2) is 18.3 Å². The third-order valence-corrected chi connectivity index (χ3v) is 6.89. The molecule has 2 aromatic heterocycles. The molecular weight excluding hydrogens is 390 g/mol. The number of nitrogens with zero attached hydrogens (tertiary/aromatic N) is 2. The van der Waals surface area contributed by atoms with Gasteiger partial charge in [-0.25, -0.2) is 9.78 Å². The Morgan fingerprint density at radius 3 is 2.79 bits per heavy atom. The predicted molar refractivity (Wildman–Crippen MR) is 111 cm³/mol. The van der Waals surface area contributed by atoms with E-state index in [1.54, 1.807) is 19.2 Å². The number of thiophene rings is 1. The highest BCUT2D eigenvalue weighted by Crippen LogP contribution is 2.37. The molecule has 8 heteroatoms. The van der Waals surface area contributed by atoms with Gasteiger partial charge in [0.2, 0.25) is 11.8 Å². The van der Waals surface area contributed by atoms with Crippen LogP contribution in [0.1, 0.15) is 55.1 Å². The summed E-state index contributed by atoms with van der Waals surface area (Å²) in [6.45, 7) is 2.87. The number of likely N-dealkylation sites (tertiary alicyclic amines) is 1. The number of fused-ring (bicyclic) bond motifs is 1. The molecule has 2 aliphatic rings. The van der Waals surface area contributed by atoms with Crippen LogP contribution in [0.2, 0.25) is 0 Å². The molecule has 1 aliphatic carbocycles. The minimum atomic E-state index is -0.443. The number of nitrogens with one attached hydrogen (secondary N) is 1. The highest BCUT2D eigenvalue weighted by Gasteiger charge is 2.34. The van der Waals surface area contributed by atoms with Crippen LogP contribution in [-0.2, 0) is 14.3 Å². The van der Waals surface area contributed by atoms with Gasteiger partial charge in [-0.05, 0) is 51.2 Å². The van der Waals surface area contributed by atoms with Gasteiger partial charge in [0, 0.05) is 36.5 Å². The highest BCUT2D eigenvalue weighted by molar-refractivity contribution is 7.21. The topological polar surface area (TPSA) is 88.6 Å². The highest BCUT2D eigenvalue weighted by atomic mass is 32.1. The van der Waals surface area contributed by atoms with Crippen LogP contribution < -0.4 is 5.32 Å². The number of hydrogen-bond acceptors (Lipinski definition) is 6. The fourth-order valence-electron chi connectivity index (χ4n) is 4.33. The number of anilines is 1. The summed E-state index contributed by atoms with van der Waals surface area (Å²) in [7, 11) is 0. The second-order valence-electron chi connectivity index (χ2n) is 7.57. The summed E-state index contributed by atoms with van der Waals surface area (Å²) in [5.74, 6) is -0.396. The lowest BCUT2D eigenvalue weighted by atomic mass is 9.84. The number of carbonyl (C=O) groups is 3. The predicted octanol–water partition coefficient (Wildman–Crippen LogP) is 3.59. The lowest BCUT2D eigenvalue weighted by Crippen LogP contribution is -2.40. The average molecular weight is 416 g/mol. The summed E-state index contributed by atoms with van der Waals surface area (Å²) in [5.41, 5.74) is 0.499. The molecule has 29 heavy (non-hydrogen) atoms. The summed E-state index contributed by atoms with van der Waals surface area (Å²) in [5, 5.41) is 3.74. The zero-order chi connectivity index (χ0) is 20.4. The van der Waals surface area contributed by atoms with Gasteiger partial charge >= 0.3 is 5.97 Å². The summed E-state index contributed by atoms with van der Waals surface area (Å²) in [6, 6.07) is 3.90. The van der Waals surface area contributed by atoms with Crippen molar-refractivity contribution in [2.75, 3.05) is 18.5 Å². The summed E-state index contributed by atoms with van der Waals surface area (Å²) in [6.07, 6.45) is 6.44. The fraction of sp³-hybridized carbons (Fsp3) is 0.524. The number of pyridine rings is 1. The minimum Gasteiger partial charge on any atom is -0.462 e. The Morgan fingerprint density at radius 1 is 1.31 bits per heavy atom. The maximum absolute atomic E-state index is 13.0. The van der Waals surface area contributed by atoms with Crippen molar-refractivity contribution >= 4 is 45.0 Å². The summed E-state index contributed by atoms with van der Waals surface area (Å²) < 4.78 is 5.16. The van der Waals surface area contributed by atoms with E-state index >= 15 is 0 Å². The third kappa shape index (κ3) is 3.99. The monoisotopic (exact) mass is 415 g/mol. The molecule has 0 unspecified atom stereocenters. The van der Waals surface area contributed by atoms with E-state index in [1.807, 2.05) is 11.0 Å². The molecule has 0 radical (unpaired) electrons. The Morgan fingerprint density at radius 2 is 2.10 bits per heavy atom. The first-order chi connectivity index (χ1) is 14.1. The lowest BCUT2D eigenvalue weighted by molar-refractivity contribution is -0.130. The van der Waals surface area contributed by atoms with Crippen LogP contribution in [0.3, 0.4) is 0 Å². The molecule has 0 bridgehead atoms. The van der Waals surface area contributed by atoms with Crippen molar-refractivity contribution in [1.29, 1.82) is 0 Å². The molecule has 7 nitrogen and oxygen atoms in total. The molecule has 2 fully saturated rings. The van der Waals surface area contributed by atoms with E-state index in [0.717, 1.165) is 44.0 Å². The fourth-order valence-corrected chi connectivity index (χ4v) is 5.32. The van der Waals surface area contributed by atoms with Crippen LogP contribution in [0.5, 0.6) is 0 Å². The van der Waals surface area contributed by atoms with Gasteiger partial charge in [-0.2, -0.15) is 0 Å². The molecule has 0 spiro atoms. The number of rotatable bonds is 5. The minimum absolute atomic E-state index is 0.0784. The van der Waals surface area contributed by atoms with Gasteiger partial charge in [0.15, 0.2) is 0 Å². The number of carbonyl (C=O) groups excluding carboxylic acids is 3. The Kier molecular flexibility index (Phi) is 5.80. The molecule has 1 saturated carbocycles. The van der Waals surface area contributed by atoms with Crippen LogP contribution in [-0.4, -0.2) is 46.9 Å². The molecule has 2 amide bonds. The van der Waals surface area contributed by atoms with Gasteiger partial charge in [0.05, 0.1) is 12.3 Å². The maximum atomic E-state index is 13.0. The van der Waals surface area contributed by atoms with Crippen LogP contribution in [0, 0.1) is 5.92 Å². The Hall–Kier alpha value is -2.48. The normalized spacial score (nSPS) is 22.1. The van der Waals surface area contributed by atoms with Crippen molar-refractivity contribution < 1.29 is 19.1 Å². The number of hydrogen-bond donors (Lipinski definition) is 1. The molecule has 4 rings (SSSR count). The summed E-state index contributed by atoms with van der Waals surface area (Å²) >= 11 is 1.23. The molecule has 3 heterocycles. The van der Waals surface area contributed by atoms with Crippen LogP contribution in [0.25, 0.3) is 10.2 Å². The Labute approximate surface area is 173 Å². The van der Waals surface area contributed by atoms with Crippen molar-refractivity contribution in [3.63, 3.8) is 0 Å². The van der Waals surface area contributed by atoms with E-state index < -0.39 is 5.97 Å². The van der Waals surface area contributed by atoms with Crippen LogP contribution >= 0.6 is 11.3 Å². The number of esters is 1. The van der Waals surface area contributed by atoms with E-state index in [0.29, 0.717) is 21.8 Å². The van der Waals surface area contributed by atoms with Crippen LogP contribution in [0.4, 0.5) is 5.69 Å². The van der Waals surface area contributed by atoms with Crippen molar-refractivity contribution in [2.45, 2.75) is 51.5 Å². The number of aromatic nitrogens is 1. The van der Waals surface area contributed by atoms with Gasteiger partial charge in [-0.3, -0.25) is 9.59 Å². The van der Waals surface area contributed by atoms with Crippen molar-refractivity contribution in [2.24, 2.45) is 5.92 Å². The first kappa shape index (κ1) is 19.8. The van der Waals surface area contributed by atoms with Gasteiger partial charge in [-0.15, -0.1) is 11.3 Å². The van der Waals surface area contributed by atoms with Gasteiger partial charge in [0.1, 0.15) is 9.71 Å². The van der Waals surface area contributed by atoms with Gasteiger partial charge in [-0.1, -0.05) is 0 Å². The quantitative estimate of drug-likeness (QED) is 0.754. The molecular formula is C21H25N3O4S.